The zero-order valence-corrected chi connectivity index (χ0v) is 12.0. The molecule has 0 radical (unpaired) electrons. The first-order valence-corrected chi connectivity index (χ1v) is 7.65. The van der Waals surface area contributed by atoms with Crippen molar-refractivity contribution in [1.82, 2.24) is 10.7 Å². The van der Waals surface area contributed by atoms with Crippen LogP contribution in [0.15, 0.2) is 30.3 Å². The Morgan fingerprint density at radius 2 is 1.58 bits per heavy atom. The minimum atomic E-state index is -0.0205. The molecule has 2 aliphatic rings. The highest BCUT2D eigenvalue weighted by atomic mass is 32.1. The molecule has 1 spiro atoms. The van der Waals surface area contributed by atoms with Gasteiger partial charge in [0.05, 0.1) is 5.69 Å². The van der Waals surface area contributed by atoms with E-state index in [1.54, 1.807) is 0 Å². The predicted octanol–water partition coefficient (Wildman–Crippen LogP) is 3.33. The van der Waals surface area contributed by atoms with Gasteiger partial charge in [0.2, 0.25) is 0 Å². The summed E-state index contributed by atoms with van der Waals surface area (Å²) in [4.78, 5) is 0. The smallest absolute Gasteiger partial charge is 0.189 e. The Labute approximate surface area is 120 Å². The summed E-state index contributed by atoms with van der Waals surface area (Å²) >= 11 is 5.51. The van der Waals surface area contributed by atoms with Crippen molar-refractivity contribution in [3.05, 3.63) is 30.3 Å². The summed E-state index contributed by atoms with van der Waals surface area (Å²) in [7, 11) is 0. The Morgan fingerprint density at radius 3 is 2.26 bits per heavy atom. The SMILES string of the molecule is S=C1NC2(CCCCCCC2)NN1c1ccccc1. The van der Waals surface area contributed by atoms with Gasteiger partial charge in [-0.1, -0.05) is 37.5 Å². The number of hydrogen-bond acceptors (Lipinski definition) is 2. The third-order valence-corrected chi connectivity index (χ3v) is 4.38. The second-order valence-electron chi connectivity index (χ2n) is 5.56. The molecule has 0 bridgehead atoms. The Balaban J connectivity index is 1.78. The van der Waals surface area contributed by atoms with E-state index >= 15 is 0 Å². The van der Waals surface area contributed by atoms with Crippen molar-refractivity contribution < 1.29 is 0 Å². The van der Waals surface area contributed by atoms with Crippen molar-refractivity contribution in [2.45, 2.75) is 50.6 Å². The molecule has 102 valence electrons. The van der Waals surface area contributed by atoms with Crippen LogP contribution in [0.4, 0.5) is 5.69 Å². The third-order valence-electron chi connectivity index (χ3n) is 4.10. The minimum Gasteiger partial charge on any atom is -0.342 e. The van der Waals surface area contributed by atoms with Crippen LogP contribution in [-0.2, 0) is 0 Å². The van der Waals surface area contributed by atoms with Crippen LogP contribution < -0.4 is 15.8 Å². The normalized spacial score (nSPS) is 22.9. The molecule has 1 saturated carbocycles. The second-order valence-corrected chi connectivity index (χ2v) is 5.95. The van der Waals surface area contributed by atoms with E-state index in [0.29, 0.717) is 0 Å². The van der Waals surface area contributed by atoms with Gasteiger partial charge in [-0.05, 0) is 50.0 Å². The fourth-order valence-electron chi connectivity index (χ4n) is 3.06. The van der Waals surface area contributed by atoms with Crippen molar-refractivity contribution in [3.8, 4) is 0 Å². The zero-order valence-electron chi connectivity index (χ0n) is 11.2. The first kappa shape index (κ1) is 12.9. The molecule has 4 heteroatoms. The van der Waals surface area contributed by atoms with E-state index in [-0.39, 0.29) is 5.66 Å². The summed E-state index contributed by atoms with van der Waals surface area (Å²) in [5.74, 6) is 0. The fourth-order valence-corrected chi connectivity index (χ4v) is 3.40. The summed E-state index contributed by atoms with van der Waals surface area (Å²) in [5.41, 5.74) is 4.71. The molecule has 0 aromatic heterocycles. The molecule has 0 atom stereocenters. The van der Waals surface area contributed by atoms with Gasteiger partial charge in [0.15, 0.2) is 5.11 Å². The molecule has 19 heavy (non-hydrogen) atoms. The van der Waals surface area contributed by atoms with Gasteiger partial charge >= 0.3 is 0 Å². The average Bonchev–Trinajstić information content (AvgIpc) is 2.74. The van der Waals surface area contributed by atoms with E-state index in [1.807, 2.05) is 23.2 Å². The number of rotatable bonds is 1. The standard InChI is InChI=1S/C15H21N3S/c19-14-16-15(11-7-2-1-3-8-12-15)17-18(14)13-9-5-4-6-10-13/h4-6,9-10,17H,1-3,7-8,11-12H2,(H,16,19). The first-order chi connectivity index (χ1) is 9.29. The van der Waals surface area contributed by atoms with Crippen LogP contribution in [0.2, 0.25) is 0 Å². The molecule has 1 aliphatic heterocycles. The van der Waals surface area contributed by atoms with Crippen molar-refractivity contribution in [2.24, 2.45) is 0 Å². The van der Waals surface area contributed by atoms with Crippen molar-refractivity contribution in [2.75, 3.05) is 5.01 Å². The van der Waals surface area contributed by atoms with Gasteiger partial charge in [-0.3, -0.25) is 5.01 Å². The number of hydrazine groups is 1. The summed E-state index contributed by atoms with van der Waals surface area (Å²) < 4.78 is 0. The van der Waals surface area contributed by atoms with Gasteiger partial charge in [-0.2, -0.15) is 0 Å². The van der Waals surface area contributed by atoms with Crippen molar-refractivity contribution >= 4 is 23.0 Å². The van der Waals surface area contributed by atoms with Crippen LogP contribution in [0, 0.1) is 0 Å². The van der Waals surface area contributed by atoms with Gasteiger partial charge in [-0.15, -0.1) is 0 Å². The van der Waals surface area contributed by atoms with E-state index < -0.39 is 0 Å². The van der Waals surface area contributed by atoms with Crippen LogP contribution in [0.3, 0.4) is 0 Å². The molecule has 3 nitrogen and oxygen atoms in total. The Hall–Kier alpha value is -1.13. The molecule has 1 aliphatic carbocycles. The highest BCUT2D eigenvalue weighted by Crippen LogP contribution is 2.29. The molecule has 1 aromatic carbocycles. The Morgan fingerprint density at radius 1 is 0.947 bits per heavy atom. The first-order valence-electron chi connectivity index (χ1n) is 7.24. The van der Waals surface area contributed by atoms with Gasteiger partial charge < -0.3 is 5.32 Å². The average molecular weight is 275 g/mol. The minimum absolute atomic E-state index is 0.0205. The third kappa shape index (κ3) is 2.74. The van der Waals surface area contributed by atoms with Crippen molar-refractivity contribution in [3.63, 3.8) is 0 Å². The van der Waals surface area contributed by atoms with E-state index in [0.717, 1.165) is 23.6 Å². The Kier molecular flexibility index (Phi) is 3.71. The molecular weight excluding hydrogens is 254 g/mol. The lowest BCUT2D eigenvalue weighted by molar-refractivity contribution is 0.257. The van der Waals surface area contributed by atoms with Gasteiger partial charge in [0.1, 0.15) is 5.66 Å². The molecule has 2 fully saturated rings. The number of hydrogen-bond donors (Lipinski definition) is 2. The molecule has 1 heterocycles. The van der Waals surface area contributed by atoms with Gasteiger partial charge in [-0.25, -0.2) is 5.43 Å². The molecular formula is C15H21N3S. The molecule has 3 rings (SSSR count). The lowest BCUT2D eigenvalue weighted by Crippen LogP contribution is -2.51. The monoisotopic (exact) mass is 275 g/mol. The van der Waals surface area contributed by atoms with Crippen LogP contribution in [0.5, 0.6) is 0 Å². The zero-order chi connectivity index (χ0) is 13.1. The molecule has 0 unspecified atom stereocenters. The quantitative estimate of drug-likeness (QED) is 0.769. The van der Waals surface area contributed by atoms with E-state index in [9.17, 15) is 0 Å². The summed E-state index contributed by atoms with van der Waals surface area (Å²) in [6, 6.07) is 10.3. The lowest BCUT2D eigenvalue weighted by Gasteiger charge is -2.31. The second kappa shape index (κ2) is 5.47. The summed E-state index contributed by atoms with van der Waals surface area (Å²) in [5, 5.41) is 6.35. The fraction of sp³-hybridized carbons (Fsp3) is 0.533. The maximum absolute atomic E-state index is 5.51. The largest absolute Gasteiger partial charge is 0.342 e. The maximum atomic E-state index is 5.51. The van der Waals surface area contributed by atoms with Crippen LogP contribution in [-0.4, -0.2) is 10.8 Å². The highest BCUT2D eigenvalue weighted by Gasteiger charge is 2.39. The number of thiocarbonyl (C=S) groups is 1. The van der Waals surface area contributed by atoms with Crippen LogP contribution in [0.1, 0.15) is 44.9 Å². The number of nitrogens with one attached hydrogen (secondary N) is 2. The lowest BCUT2D eigenvalue weighted by atomic mass is 9.92. The van der Waals surface area contributed by atoms with Crippen LogP contribution >= 0.6 is 12.2 Å². The number of anilines is 1. The maximum Gasteiger partial charge on any atom is 0.189 e. The van der Waals surface area contributed by atoms with E-state index in [1.165, 1.54) is 32.1 Å². The number of para-hydroxylation sites is 1. The summed E-state index contributed by atoms with van der Waals surface area (Å²) in [6.45, 7) is 0. The van der Waals surface area contributed by atoms with E-state index in [4.69, 9.17) is 12.2 Å². The Bertz CT molecular complexity index is 438. The van der Waals surface area contributed by atoms with Gasteiger partial charge in [0.25, 0.3) is 0 Å². The highest BCUT2D eigenvalue weighted by molar-refractivity contribution is 7.80. The van der Waals surface area contributed by atoms with Crippen molar-refractivity contribution in [1.29, 1.82) is 0 Å². The molecule has 1 saturated heterocycles. The number of benzene rings is 1. The van der Waals surface area contributed by atoms with Gasteiger partial charge in [0, 0.05) is 0 Å². The topological polar surface area (TPSA) is 27.3 Å². The summed E-state index contributed by atoms with van der Waals surface area (Å²) in [6.07, 6.45) is 8.89. The molecule has 0 amide bonds. The molecule has 1 aromatic rings. The number of nitrogens with zero attached hydrogens (tertiary/aromatic N) is 1. The molecule has 2 N–H and O–H groups in total. The van der Waals surface area contributed by atoms with Crippen LogP contribution in [0.25, 0.3) is 0 Å². The van der Waals surface area contributed by atoms with E-state index in [2.05, 4.69) is 22.9 Å². The predicted molar refractivity (Wildman–Crippen MR) is 82.8 cm³/mol.